The molecule has 3 heterocycles. The Morgan fingerprint density at radius 1 is 1.36 bits per heavy atom. The second-order valence-corrected chi connectivity index (χ2v) is 7.07. The number of carbonyl (C=O) groups is 2. The summed E-state index contributed by atoms with van der Waals surface area (Å²) in [6, 6.07) is 7.47. The minimum absolute atomic E-state index is 0.129. The predicted octanol–water partition coefficient (Wildman–Crippen LogP) is 2.81. The lowest BCUT2D eigenvalue weighted by atomic mass is 9.73. The molecule has 6 nitrogen and oxygen atoms in total. The van der Waals surface area contributed by atoms with E-state index in [-0.39, 0.29) is 24.4 Å². The van der Waals surface area contributed by atoms with Gasteiger partial charge in [0.15, 0.2) is 0 Å². The number of amides is 3. The van der Waals surface area contributed by atoms with Crippen LogP contribution in [0.4, 0.5) is 4.79 Å². The average Bonchev–Trinajstić information content (AvgIpc) is 3.08. The minimum Gasteiger partial charge on any atom is -0.323 e. The predicted molar refractivity (Wildman–Crippen MR) is 91.6 cm³/mol. The normalized spacial score (nSPS) is 26.2. The lowest BCUT2D eigenvalue weighted by molar-refractivity contribution is -0.134. The summed E-state index contributed by atoms with van der Waals surface area (Å²) in [6.07, 6.45) is 7.36. The van der Waals surface area contributed by atoms with Crippen LogP contribution in [0.25, 0.3) is 5.52 Å². The third-order valence-electron chi connectivity index (χ3n) is 5.70. The summed E-state index contributed by atoms with van der Waals surface area (Å²) >= 11 is 0. The van der Waals surface area contributed by atoms with Gasteiger partial charge in [-0.2, -0.15) is 5.26 Å². The third kappa shape index (κ3) is 2.23. The molecule has 1 N–H and O–H groups in total. The number of nitriles is 1. The molecule has 2 aromatic heterocycles. The highest BCUT2D eigenvalue weighted by Gasteiger charge is 2.54. The molecule has 2 fully saturated rings. The summed E-state index contributed by atoms with van der Waals surface area (Å²) in [5.41, 5.74) is 1.23. The number of aromatic nitrogens is 1. The van der Waals surface area contributed by atoms with Gasteiger partial charge >= 0.3 is 6.03 Å². The Morgan fingerprint density at radius 2 is 2.20 bits per heavy atom. The SMILES string of the molecule is C[C@@H]1CCCC[C@]12NC(=O)N(Cc1cn3ccccc3c1C#N)C2=O. The molecular formula is C19H20N4O2. The van der Waals surface area contributed by atoms with Crippen LogP contribution in [0.5, 0.6) is 0 Å². The summed E-state index contributed by atoms with van der Waals surface area (Å²) in [4.78, 5) is 26.9. The Kier molecular flexibility index (Phi) is 3.53. The maximum Gasteiger partial charge on any atom is 0.325 e. The number of hydrogen-bond acceptors (Lipinski definition) is 3. The minimum atomic E-state index is -0.763. The molecular weight excluding hydrogens is 316 g/mol. The van der Waals surface area contributed by atoms with E-state index in [1.165, 1.54) is 4.90 Å². The molecule has 4 rings (SSSR count). The quantitative estimate of drug-likeness (QED) is 0.857. The van der Waals surface area contributed by atoms with Crippen LogP contribution in [0.1, 0.15) is 43.7 Å². The van der Waals surface area contributed by atoms with Crippen molar-refractivity contribution in [2.45, 2.75) is 44.7 Å². The largest absolute Gasteiger partial charge is 0.325 e. The number of urea groups is 1. The standard InChI is InChI=1S/C19H20N4O2/c1-13-6-2-4-8-19(13)17(24)23(18(25)21-19)12-14-11-22-9-5-3-7-16(22)15(14)10-20/h3,5,7,9,11,13H,2,4,6,8,12H2,1H3,(H,21,25)/t13-,19+/m1/s1. The van der Waals surface area contributed by atoms with Crippen molar-refractivity contribution in [3.63, 3.8) is 0 Å². The van der Waals surface area contributed by atoms with Crippen molar-refractivity contribution in [2.75, 3.05) is 0 Å². The molecule has 2 atom stereocenters. The maximum atomic E-state index is 13.1. The van der Waals surface area contributed by atoms with Crippen LogP contribution in [0.3, 0.4) is 0 Å². The van der Waals surface area contributed by atoms with E-state index in [1.54, 1.807) is 0 Å². The molecule has 1 aliphatic carbocycles. The molecule has 0 radical (unpaired) electrons. The van der Waals surface area contributed by atoms with Gasteiger partial charge in [-0.25, -0.2) is 4.79 Å². The molecule has 3 amide bonds. The summed E-state index contributed by atoms with van der Waals surface area (Å²) in [6.45, 7) is 2.16. The van der Waals surface area contributed by atoms with Gasteiger partial charge in [-0.15, -0.1) is 0 Å². The summed E-state index contributed by atoms with van der Waals surface area (Å²) in [7, 11) is 0. The number of fused-ring (bicyclic) bond motifs is 1. The van der Waals surface area contributed by atoms with E-state index in [2.05, 4.69) is 11.4 Å². The molecule has 0 bridgehead atoms. The molecule has 2 aliphatic rings. The van der Waals surface area contributed by atoms with Crippen LogP contribution < -0.4 is 5.32 Å². The first-order chi connectivity index (χ1) is 12.1. The van der Waals surface area contributed by atoms with Gasteiger partial charge in [0.05, 0.1) is 17.6 Å². The van der Waals surface area contributed by atoms with Crippen molar-refractivity contribution < 1.29 is 9.59 Å². The molecule has 6 heteroatoms. The van der Waals surface area contributed by atoms with E-state index in [4.69, 9.17) is 0 Å². The highest BCUT2D eigenvalue weighted by atomic mass is 16.2. The molecule has 128 valence electrons. The number of hydrogen-bond donors (Lipinski definition) is 1. The van der Waals surface area contributed by atoms with E-state index < -0.39 is 5.54 Å². The van der Waals surface area contributed by atoms with Crippen LogP contribution in [-0.4, -0.2) is 26.8 Å². The van der Waals surface area contributed by atoms with Gasteiger partial charge in [0.2, 0.25) is 0 Å². The van der Waals surface area contributed by atoms with Crippen molar-refractivity contribution in [1.29, 1.82) is 5.26 Å². The van der Waals surface area contributed by atoms with Gasteiger partial charge in [0.1, 0.15) is 11.6 Å². The number of imide groups is 1. The van der Waals surface area contributed by atoms with Crippen molar-refractivity contribution in [2.24, 2.45) is 5.92 Å². The molecule has 1 spiro atoms. The highest BCUT2D eigenvalue weighted by Crippen LogP contribution is 2.38. The van der Waals surface area contributed by atoms with E-state index >= 15 is 0 Å². The lowest BCUT2D eigenvalue weighted by Crippen LogP contribution is -2.53. The van der Waals surface area contributed by atoms with Gasteiger partial charge in [-0.05, 0) is 30.9 Å². The van der Waals surface area contributed by atoms with E-state index in [1.807, 2.05) is 41.9 Å². The van der Waals surface area contributed by atoms with Crippen LogP contribution in [0.2, 0.25) is 0 Å². The van der Waals surface area contributed by atoms with Crippen LogP contribution in [0, 0.1) is 17.2 Å². The molecule has 1 saturated heterocycles. The van der Waals surface area contributed by atoms with Gasteiger partial charge in [-0.1, -0.05) is 25.8 Å². The second-order valence-electron chi connectivity index (χ2n) is 7.07. The van der Waals surface area contributed by atoms with E-state index in [0.29, 0.717) is 17.5 Å². The second kappa shape index (κ2) is 5.62. The number of nitrogens with one attached hydrogen (secondary N) is 1. The fraction of sp³-hybridized carbons (Fsp3) is 0.421. The van der Waals surface area contributed by atoms with Gasteiger partial charge in [0, 0.05) is 18.0 Å². The first-order valence-corrected chi connectivity index (χ1v) is 8.69. The molecule has 0 aromatic carbocycles. The van der Waals surface area contributed by atoms with Crippen molar-refractivity contribution in [3.05, 3.63) is 41.7 Å². The number of rotatable bonds is 2. The van der Waals surface area contributed by atoms with Crippen LogP contribution in [0.15, 0.2) is 30.6 Å². The molecule has 0 unspecified atom stereocenters. The zero-order chi connectivity index (χ0) is 17.6. The first-order valence-electron chi connectivity index (χ1n) is 8.69. The lowest BCUT2D eigenvalue weighted by Gasteiger charge is -2.36. The molecule has 25 heavy (non-hydrogen) atoms. The van der Waals surface area contributed by atoms with Gasteiger partial charge in [0.25, 0.3) is 5.91 Å². The molecule has 1 saturated carbocycles. The Labute approximate surface area is 146 Å². The van der Waals surface area contributed by atoms with E-state index in [0.717, 1.165) is 24.8 Å². The van der Waals surface area contributed by atoms with Crippen molar-refractivity contribution in [3.8, 4) is 6.07 Å². The molecule has 1 aliphatic heterocycles. The summed E-state index contributed by atoms with van der Waals surface area (Å²) in [5, 5.41) is 12.5. The molecule has 2 aromatic rings. The number of carbonyl (C=O) groups excluding carboxylic acids is 2. The smallest absolute Gasteiger partial charge is 0.323 e. The Bertz CT molecular complexity index is 910. The van der Waals surface area contributed by atoms with Crippen molar-refractivity contribution in [1.82, 2.24) is 14.6 Å². The number of pyridine rings is 1. The van der Waals surface area contributed by atoms with Crippen LogP contribution >= 0.6 is 0 Å². The topological polar surface area (TPSA) is 77.6 Å². The zero-order valence-corrected chi connectivity index (χ0v) is 14.2. The first kappa shape index (κ1) is 15.7. The maximum absolute atomic E-state index is 13.1. The van der Waals surface area contributed by atoms with Gasteiger partial charge in [-0.3, -0.25) is 9.69 Å². The number of nitrogens with zero attached hydrogens (tertiary/aromatic N) is 3. The Balaban J connectivity index is 1.69. The van der Waals surface area contributed by atoms with E-state index in [9.17, 15) is 14.9 Å². The zero-order valence-electron chi connectivity index (χ0n) is 14.2. The summed E-state index contributed by atoms with van der Waals surface area (Å²) < 4.78 is 1.85. The Morgan fingerprint density at radius 3 is 2.96 bits per heavy atom. The summed E-state index contributed by atoms with van der Waals surface area (Å²) in [5.74, 6) is -0.0184. The Hall–Kier alpha value is -2.81. The fourth-order valence-electron chi connectivity index (χ4n) is 4.24. The average molecular weight is 336 g/mol. The third-order valence-corrected chi connectivity index (χ3v) is 5.70. The van der Waals surface area contributed by atoms with Crippen LogP contribution in [-0.2, 0) is 11.3 Å². The fourth-order valence-corrected chi connectivity index (χ4v) is 4.24. The highest BCUT2D eigenvalue weighted by molar-refractivity contribution is 6.07. The van der Waals surface area contributed by atoms with Gasteiger partial charge < -0.3 is 9.72 Å². The van der Waals surface area contributed by atoms with Crippen molar-refractivity contribution >= 4 is 17.5 Å². The monoisotopic (exact) mass is 336 g/mol.